The van der Waals surface area contributed by atoms with E-state index in [-0.39, 0.29) is 0 Å². The number of halogens is 1. The van der Waals surface area contributed by atoms with E-state index in [2.05, 4.69) is 18.2 Å². The van der Waals surface area contributed by atoms with E-state index in [1.807, 2.05) is 31.2 Å². The zero-order valence-corrected chi connectivity index (χ0v) is 10.1. The van der Waals surface area contributed by atoms with Gasteiger partial charge in [0.05, 0.1) is 13.2 Å². The van der Waals surface area contributed by atoms with Gasteiger partial charge in [-0.3, -0.25) is 0 Å². The molecule has 1 aliphatic heterocycles. The van der Waals surface area contributed by atoms with E-state index in [1.165, 1.54) is 11.1 Å². The van der Waals surface area contributed by atoms with Crippen LogP contribution in [0, 0.1) is 5.92 Å². The van der Waals surface area contributed by atoms with Gasteiger partial charge < -0.3 is 4.74 Å². The molecule has 16 heavy (non-hydrogen) atoms. The van der Waals surface area contributed by atoms with Gasteiger partial charge in [0.25, 0.3) is 0 Å². The average Bonchev–Trinajstić information content (AvgIpc) is 2.70. The van der Waals surface area contributed by atoms with Crippen molar-refractivity contribution >= 4 is 17.7 Å². The van der Waals surface area contributed by atoms with Crippen LogP contribution in [0.2, 0.25) is 5.02 Å². The lowest BCUT2D eigenvalue weighted by atomic mass is 10.00. The van der Waals surface area contributed by atoms with Crippen LogP contribution < -0.4 is 0 Å². The number of allylic oxidation sites excluding steroid dienone is 1. The maximum atomic E-state index is 5.85. The minimum atomic E-state index is 0.431. The zero-order valence-electron chi connectivity index (χ0n) is 9.32. The van der Waals surface area contributed by atoms with Crippen molar-refractivity contribution in [3.05, 3.63) is 52.6 Å². The Kier molecular flexibility index (Phi) is 3.81. The third kappa shape index (κ3) is 2.75. The first kappa shape index (κ1) is 11.4. The molecule has 1 aromatic rings. The molecule has 0 spiro atoms. The minimum Gasteiger partial charge on any atom is -0.376 e. The fraction of sp³-hybridized carbons (Fsp3) is 0.286. The third-order valence-electron chi connectivity index (χ3n) is 2.69. The van der Waals surface area contributed by atoms with Gasteiger partial charge in [0.1, 0.15) is 0 Å². The van der Waals surface area contributed by atoms with Crippen LogP contribution in [0.1, 0.15) is 12.5 Å². The van der Waals surface area contributed by atoms with Crippen molar-refractivity contribution in [3.8, 4) is 0 Å². The molecular weight excluding hydrogens is 220 g/mol. The number of rotatable bonds is 2. The van der Waals surface area contributed by atoms with Gasteiger partial charge in [-0.25, -0.2) is 0 Å². The van der Waals surface area contributed by atoms with Gasteiger partial charge in [-0.2, -0.15) is 0 Å². The lowest BCUT2D eigenvalue weighted by Crippen LogP contribution is -1.96. The summed E-state index contributed by atoms with van der Waals surface area (Å²) in [7, 11) is 0. The lowest BCUT2D eigenvalue weighted by molar-refractivity contribution is 0.195. The lowest BCUT2D eigenvalue weighted by Gasteiger charge is -2.03. The summed E-state index contributed by atoms with van der Waals surface area (Å²) in [5, 5.41) is 0.773. The average molecular weight is 235 g/mol. The minimum absolute atomic E-state index is 0.431. The van der Waals surface area contributed by atoms with E-state index in [0.717, 1.165) is 18.2 Å². The second-order valence-corrected chi connectivity index (χ2v) is 4.35. The Labute approximate surface area is 101 Å². The zero-order chi connectivity index (χ0) is 11.4. The molecule has 0 amide bonds. The highest BCUT2D eigenvalue weighted by atomic mass is 35.5. The molecule has 1 nitrogen and oxygen atoms in total. The molecule has 1 fully saturated rings. The standard InChI is InChI=1S/C14H15ClO/c1-2-3-12-9-16-10-13(12)8-11-4-6-14(15)7-5-11/h2-8,12H,9-10H2,1H3/b3-2+,13-8-/t12-/m0/s1. The Morgan fingerprint density at radius 3 is 2.75 bits per heavy atom. The number of benzene rings is 1. The first-order valence-electron chi connectivity index (χ1n) is 5.46. The third-order valence-corrected chi connectivity index (χ3v) is 2.94. The summed E-state index contributed by atoms with van der Waals surface area (Å²) in [6.07, 6.45) is 6.46. The molecule has 2 heteroatoms. The Morgan fingerprint density at radius 2 is 2.06 bits per heavy atom. The molecule has 1 saturated heterocycles. The Bertz CT molecular complexity index is 403. The SMILES string of the molecule is C/C=C/[C@H]1COC/C1=C/c1ccc(Cl)cc1. The normalized spacial score (nSPS) is 23.4. The van der Waals surface area contributed by atoms with Crippen LogP contribution in [-0.4, -0.2) is 13.2 Å². The molecule has 1 atom stereocenters. The van der Waals surface area contributed by atoms with Gasteiger partial charge in [0.15, 0.2) is 0 Å². The quantitative estimate of drug-likeness (QED) is 0.705. The van der Waals surface area contributed by atoms with Crippen molar-refractivity contribution in [3.63, 3.8) is 0 Å². The van der Waals surface area contributed by atoms with E-state index in [1.54, 1.807) is 0 Å². The summed E-state index contributed by atoms with van der Waals surface area (Å²) < 4.78 is 5.47. The molecule has 1 aromatic carbocycles. The molecule has 2 rings (SSSR count). The van der Waals surface area contributed by atoms with E-state index >= 15 is 0 Å². The van der Waals surface area contributed by atoms with Crippen LogP contribution in [0.15, 0.2) is 42.0 Å². The topological polar surface area (TPSA) is 9.23 Å². The highest BCUT2D eigenvalue weighted by molar-refractivity contribution is 6.30. The van der Waals surface area contributed by atoms with E-state index in [4.69, 9.17) is 16.3 Å². The Hall–Kier alpha value is -1.05. The van der Waals surface area contributed by atoms with Gasteiger partial charge in [0.2, 0.25) is 0 Å². The van der Waals surface area contributed by atoms with E-state index in [0.29, 0.717) is 5.92 Å². The Balaban J connectivity index is 2.19. The summed E-state index contributed by atoms with van der Waals surface area (Å²) in [6, 6.07) is 7.88. The molecule has 0 bridgehead atoms. The summed E-state index contributed by atoms with van der Waals surface area (Å²) in [6.45, 7) is 3.57. The second-order valence-electron chi connectivity index (χ2n) is 3.92. The summed E-state index contributed by atoms with van der Waals surface area (Å²) in [4.78, 5) is 0. The first-order valence-corrected chi connectivity index (χ1v) is 5.84. The maximum absolute atomic E-state index is 5.85. The molecule has 0 aromatic heterocycles. The Morgan fingerprint density at radius 1 is 1.31 bits per heavy atom. The van der Waals surface area contributed by atoms with Crippen LogP contribution in [-0.2, 0) is 4.74 Å². The molecule has 0 aliphatic carbocycles. The number of hydrogen-bond donors (Lipinski definition) is 0. The maximum Gasteiger partial charge on any atom is 0.0687 e. The van der Waals surface area contributed by atoms with Crippen molar-refractivity contribution in [2.24, 2.45) is 5.92 Å². The van der Waals surface area contributed by atoms with Crippen LogP contribution in [0.5, 0.6) is 0 Å². The summed E-state index contributed by atoms with van der Waals surface area (Å²) in [5.74, 6) is 0.431. The fourth-order valence-electron chi connectivity index (χ4n) is 1.85. The van der Waals surface area contributed by atoms with Crippen molar-refractivity contribution < 1.29 is 4.74 Å². The fourth-order valence-corrected chi connectivity index (χ4v) is 1.98. The van der Waals surface area contributed by atoms with E-state index < -0.39 is 0 Å². The second kappa shape index (κ2) is 5.33. The van der Waals surface area contributed by atoms with Crippen LogP contribution >= 0.6 is 11.6 Å². The van der Waals surface area contributed by atoms with Gasteiger partial charge in [-0.15, -0.1) is 0 Å². The van der Waals surface area contributed by atoms with Crippen LogP contribution in [0.3, 0.4) is 0 Å². The molecular formula is C14H15ClO. The predicted octanol–water partition coefficient (Wildman–Crippen LogP) is 3.95. The molecule has 1 aliphatic rings. The summed E-state index contributed by atoms with van der Waals surface area (Å²) in [5.41, 5.74) is 2.51. The van der Waals surface area contributed by atoms with Crippen molar-refractivity contribution in [1.29, 1.82) is 0 Å². The smallest absolute Gasteiger partial charge is 0.0687 e. The van der Waals surface area contributed by atoms with Gasteiger partial charge in [0, 0.05) is 10.9 Å². The molecule has 0 radical (unpaired) electrons. The van der Waals surface area contributed by atoms with Gasteiger partial charge in [-0.1, -0.05) is 42.0 Å². The van der Waals surface area contributed by atoms with E-state index in [9.17, 15) is 0 Å². The predicted molar refractivity (Wildman–Crippen MR) is 68.6 cm³/mol. The monoisotopic (exact) mass is 234 g/mol. The summed E-state index contributed by atoms with van der Waals surface area (Å²) >= 11 is 5.85. The highest BCUT2D eigenvalue weighted by Crippen LogP contribution is 2.24. The molecule has 0 unspecified atom stereocenters. The van der Waals surface area contributed by atoms with Crippen molar-refractivity contribution in [1.82, 2.24) is 0 Å². The number of hydrogen-bond acceptors (Lipinski definition) is 1. The van der Waals surface area contributed by atoms with Crippen molar-refractivity contribution in [2.75, 3.05) is 13.2 Å². The molecule has 0 N–H and O–H groups in total. The van der Waals surface area contributed by atoms with Crippen LogP contribution in [0.25, 0.3) is 6.08 Å². The van der Waals surface area contributed by atoms with Gasteiger partial charge >= 0.3 is 0 Å². The largest absolute Gasteiger partial charge is 0.376 e. The molecule has 84 valence electrons. The van der Waals surface area contributed by atoms with Crippen LogP contribution in [0.4, 0.5) is 0 Å². The molecule has 0 saturated carbocycles. The first-order chi connectivity index (χ1) is 7.79. The highest BCUT2D eigenvalue weighted by Gasteiger charge is 2.18. The number of ether oxygens (including phenoxy) is 1. The molecule has 1 heterocycles. The van der Waals surface area contributed by atoms with Crippen molar-refractivity contribution in [2.45, 2.75) is 6.92 Å². The van der Waals surface area contributed by atoms with Gasteiger partial charge in [-0.05, 0) is 30.2 Å².